The number of nitrogens with zero attached hydrogens (tertiary/aromatic N) is 1. The number of aryl methyl sites for hydroxylation is 2. The molecule has 0 amide bonds. The molecule has 0 aliphatic carbocycles. The van der Waals surface area contributed by atoms with Crippen molar-refractivity contribution in [1.82, 2.24) is 0 Å². The third-order valence-electron chi connectivity index (χ3n) is 2.87. The average molecular weight is 235 g/mol. The van der Waals surface area contributed by atoms with E-state index in [1.54, 1.807) is 0 Å². The lowest BCUT2D eigenvalue weighted by Crippen LogP contribution is -2.20. The van der Waals surface area contributed by atoms with Gasteiger partial charge in [-0.25, -0.2) is 0 Å². The van der Waals surface area contributed by atoms with Crippen LogP contribution in [0.5, 0.6) is 0 Å². The van der Waals surface area contributed by atoms with Crippen molar-refractivity contribution in [3.8, 4) is 0 Å². The first-order chi connectivity index (χ1) is 8.04. The molecular weight excluding hydrogens is 214 g/mol. The number of hydrogen-bond acceptors (Lipinski definition) is 3. The van der Waals surface area contributed by atoms with E-state index < -0.39 is 0 Å². The van der Waals surface area contributed by atoms with Crippen LogP contribution in [-0.4, -0.2) is 26.7 Å². The second-order valence-electron chi connectivity index (χ2n) is 4.39. The third kappa shape index (κ3) is 4.10. The van der Waals surface area contributed by atoms with Gasteiger partial charge >= 0.3 is 5.97 Å². The summed E-state index contributed by atoms with van der Waals surface area (Å²) in [6.45, 7) is 5.06. The zero-order valence-electron chi connectivity index (χ0n) is 11.1. The first kappa shape index (κ1) is 13.6. The molecule has 17 heavy (non-hydrogen) atoms. The van der Waals surface area contributed by atoms with Crippen LogP contribution in [0.15, 0.2) is 18.2 Å². The van der Waals surface area contributed by atoms with E-state index in [4.69, 9.17) is 0 Å². The number of rotatable bonds is 5. The molecule has 0 radical (unpaired) electrons. The van der Waals surface area contributed by atoms with Crippen molar-refractivity contribution in [2.45, 2.75) is 26.7 Å². The van der Waals surface area contributed by atoms with E-state index in [-0.39, 0.29) is 5.97 Å². The molecule has 1 aromatic carbocycles. The van der Waals surface area contributed by atoms with Gasteiger partial charge in [0.25, 0.3) is 0 Å². The molecule has 94 valence electrons. The topological polar surface area (TPSA) is 29.5 Å². The molecule has 0 unspecified atom stereocenters. The Morgan fingerprint density at radius 1 is 1.35 bits per heavy atom. The summed E-state index contributed by atoms with van der Waals surface area (Å²) >= 11 is 0. The van der Waals surface area contributed by atoms with Gasteiger partial charge in [0.1, 0.15) is 0 Å². The largest absolute Gasteiger partial charge is 0.469 e. The number of methoxy groups -OCH3 is 1. The number of carbonyl (C=O) groups is 1. The van der Waals surface area contributed by atoms with Crippen LogP contribution in [-0.2, 0) is 9.53 Å². The highest BCUT2D eigenvalue weighted by molar-refractivity contribution is 5.69. The van der Waals surface area contributed by atoms with Crippen molar-refractivity contribution in [3.63, 3.8) is 0 Å². The zero-order chi connectivity index (χ0) is 12.8. The Labute approximate surface area is 103 Å². The van der Waals surface area contributed by atoms with E-state index >= 15 is 0 Å². The second-order valence-corrected chi connectivity index (χ2v) is 4.39. The smallest absolute Gasteiger partial charge is 0.305 e. The molecule has 0 fully saturated rings. The number of anilines is 1. The first-order valence-corrected chi connectivity index (χ1v) is 5.90. The molecule has 0 saturated heterocycles. The quantitative estimate of drug-likeness (QED) is 0.735. The number of benzene rings is 1. The Hall–Kier alpha value is -1.51. The van der Waals surface area contributed by atoms with Crippen LogP contribution >= 0.6 is 0 Å². The van der Waals surface area contributed by atoms with Crippen molar-refractivity contribution < 1.29 is 9.53 Å². The number of hydrogen-bond donors (Lipinski definition) is 0. The molecule has 0 N–H and O–H groups in total. The predicted molar refractivity (Wildman–Crippen MR) is 70.4 cm³/mol. The standard InChI is InChI=1S/C14H21NO2/c1-11-7-8-13(12(2)10-11)15(3)9-5-6-14(16)17-4/h7-8,10H,5-6,9H2,1-4H3. The van der Waals surface area contributed by atoms with Crippen LogP contribution < -0.4 is 4.90 Å². The van der Waals surface area contributed by atoms with Crippen molar-refractivity contribution >= 4 is 11.7 Å². The van der Waals surface area contributed by atoms with Crippen LogP contribution in [0.2, 0.25) is 0 Å². The Kier molecular flexibility index (Phi) is 5.01. The van der Waals surface area contributed by atoms with Crippen LogP contribution in [0.1, 0.15) is 24.0 Å². The van der Waals surface area contributed by atoms with Gasteiger partial charge in [0, 0.05) is 25.7 Å². The lowest BCUT2D eigenvalue weighted by molar-refractivity contribution is -0.140. The molecule has 3 heteroatoms. The Bertz CT molecular complexity index is 388. The van der Waals surface area contributed by atoms with E-state index in [0.717, 1.165) is 13.0 Å². The van der Waals surface area contributed by atoms with Gasteiger partial charge in [0.05, 0.1) is 7.11 Å². The number of ether oxygens (including phenoxy) is 1. The Balaban J connectivity index is 2.52. The summed E-state index contributed by atoms with van der Waals surface area (Å²) in [6.07, 6.45) is 1.29. The lowest BCUT2D eigenvalue weighted by Gasteiger charge is -2.21. The predicted octanol–water partition coefficient (Wildman–Crippen LogP) is 2.69. The van der Waals surface area contributed by atoms with Crippen LogP contribution in [0.25, 0.3) is 0 Å². The molecule has 1 rings (SSSR count). The Morgan fingerprint density at radius 3 is 2.65 bits per heavy atom. The normalized spacial score (nSPS) is 10.1. The fraction of sp³-hybridized carbons (Fsp3) is 0.500. The summed E-state index contributed by atoms with van der Waals surface area (Å²) < 4.78 is 4.62. The summed E-state index contributed by atoms with van der Waals surface area (Å²) in [6, 6.07) is 6.41. The van der Waals surface area contributed by atoms with Gasteiger partial charge in [-0.3, -0.25) is 4.79 Å². The van der Waals surface area contributed by atoms with E-state index in [9.17, 15) is 4.79 Å². The van der Waals surface area contributed by atoms with E-state index in [1.807, 2.05) is 0 Å². The molecule has 0 spiro atoms. The van der Waals surface area contributed by atoms with Crippen molar-refractivity contribution in [1.29, 1.82) is 0 Å². The van der Waals surface area contributed by atoms with Gasteiger partial charge in [-0.15, -0.1) is 0 Å². The van der Waals surface area contributed by atoms with Gasteiger partial charge in [0.15, 0.2) is 0 Å². The second kappa shape index (κ2) is 6.28. The monoisotopic (exact) mass is 235 g/mol. The molecule has 0 aliphatic heterocycles. The maximum Gasteiger partial charge on any atom is 0.305 e. The minimum absolute atomic E-state index is 0.140. The number of carbonyl (C=O) groups excluding carboxylic acids is 1. The fourth-order valence-electron chi connectivity index (χ4n) is 1.92. The van der Waals surface area contributed by atoms with Crippen molar-refractivity contribution in [2.75, 3.05) is 25.6 Å². The van der Waals surface area contributed by atoms with Crippen LogP contribution in [0.4, 0.5) is 5.69 Å². The van der Waals surface area contributed by atoms with Gasteiger partial charge in [-0.2, -0.15) is 0 Å². The summed E-state index contributed by atoms with van der Waals surface area (Å²) in [5.41, 5.74) is 3.76. The molecule has 0 heterocycles. The number of esters is 1. The maximum absolute atomic E-state index is 11.0. The average Bonchev–Trinajstić information content (AvgIpc) is 2.28. The van der Waals surface area contributed by atoms with Gasteiger partial charge in [-0.1, -0.05) is 17.7 Å². The highest BCUT2D eigenvalue weighted by Crippen LogP contribution is 2.20. The molecule has 0 aromatic heterocycles. The summed E-state index contributed by atoms with van der Waals surface area (Å²) in [5.74, 6) is -0.140. The molecule has 0 saturated carbocycles. The lowest BCUT2D eigenvalue weighted by atomic mass is 10.1. The molecule has 1 aromatic rings. The minimum Gasteiger partial charge on any atom is -0.469 e. The zero-order valence-corrected chi connectivity index (χ0v) is 11.1. The highest BCUT2D eigenvalue weighted by Gasteiger charge is 2.06. The van der Waals surface area contributed by atoms with Gasteiger partial charge in [0.2, 0.25) is 0 Å². The van der Waals surface area contributed by atoms with Gasteiger partial charge in [-0.05, 0) is 31.9 Å². The summed E-state index contributed by atoms with van der Waals surface area (Å²) in [5, 5.41) is 0. The van der Waals surface area contributed by atoms with Crippen LogP contribution in [0, 0.1) is 13.8 Å². The SMILES string of the molecule is COC(=O)CCCN(C)c1ccc(C)cc1C. The molecule has 0 atom stereocenters. The van der Waals surface area contributed by atoms with Crippen LogP contribution in [0.3, 0.4) is 0 Å². The summed E-state index contributed by atoms with van der Waals surface area (Å²) in [7, 11) is 3.48. The minimum atomic E-state index is -0.140. The molecule has 0 aliphatic rings. The van der Waals surface area contributed by atoms with E-state index in [1.165, 1.54) is 23.9 Å². The van der Waals surface area contributed by atoms with E-state index in [0.29, 0.717) is 6.42 Å². The molecular formula is C14H21NO2. The summed E-state index contributed by atoms with van der Waals surface area (Å²) in [4.78, 5) is 13.2. The maximum atomic E-state index is 11.0. The third-order valence-corrected chi connectivity index (χ3v) is 2.87. The molecule has 0 bridgehead atoms. The molecule has 3 nitrogen and oxygen atoms in total. The fourth-order valence-corrected chi connectivity index (χ4v) is 1.92. The van der Waals surface area contributed by atoms with Gasteiger partial charge < -0.3 is 9.64 Å². The van der Waals surface area contributed by atoms with Crippen molar-refractivity contribution in [3.05, 3.63) is 29.3 Å². The highest BCUT2D eigenvalue weighted by atomic mass is 16.5. The Morgan fingerprint density at radius 2 is 2.06 bits per heavy atom. The first-order valence-electron chi connectivity index (χ1n) is 5.90. The van der Waals surface area contributed by atoms with E-state index in [2.05, 4.69) is 48.7 Å². The van der Waals surface area contributed by atoms with Crippen molar-refractivity contribution in [2.24, 2.45) is 0 Å².